The Morgan fingerprint density at radius 1 is 0.521 bits per heavy atom. The second kappa shape index (κ2) is 33.9. The topological polar surface area (TPSA) is 429 Å². The van der Waals surface area contributed by atoms with E-state index in [1.807, 2.05) is 0 Å². The lowest BCUT2D eigenvalue weighted by Crippen LogP contribution is -2.62. The minimum Gasteiger partial charge on any atom is -0.481 e. The molecule has 27 heteroatoms. The number of amides is 9. The molecule has 0 rings (SSSR count). The van der Waals surface area contributed by atoms with Crippen molar-refractivity contribution in [2.75, 3.05) is 31.7 Å². The maximum Gasteiger partial charge on any atom is 0.326 e. The molecule has 0 saturated carbocycles. The number of aliphatic hydroxyl groups is 2. The summed E-state index contributed by atoms with van der Waals surface area (Å²) >= 11 is 1.31. The van der Waals surface area contributed by atoms with Crippen molar-refractivity contribution in [1.82, 2.24) is 47.9 Å². The molecule has 0 unspecified atom stereocenters. The second-order valence-corrected chi connectivity index (χ2v) is 18.8. The second-order valence-electron chi connectivity index (χ2n) is 17.8. The number of aliphatic carboxylic acids is 2. The Morgan fingerprint density at radius 2 is 0.972 bits per heavy atom. The summed E-state index contributed by atoms with van der Waals surface area (Å²) in [6.07, 6.45) is 0.378. The van der Waals surface area contributed by atoms with Crippen LogP contribution in [0.2, 0.25) is 0 Å². The van der Waals surface area contributed by atoms with Crippen LogP contribution in [-0.4, -0.2) is 178 Å². The lowest BCUT2D eigenvalue weighted by atomic mass is 9.97. The number of carbonyl (C=O) groups is 11. The van der Waals surface area contributed by atoms with Gasteiger partial charge in [0.05, 0.1) is 19.3 Å². The Labute approximate surface area is 418 Å². The van der Waals surface area contributed by atoms with Crippen LogP contribution < -0.4 is 59.3 Å². The van der Waals surface area contributed by atoms with Gasteiger partial charge in [-0.3, -0.25) is 47.9 Å². The van der Waals surface area contributed by atoms with Gasteiger partial charge >= 0.3 is 11.9 Å². The fourth-order valence-electron chi connectivity index (χ4n) is 6.61. The standard InChI is InChI=1S/C44H79N11O15S/c1-10-23(6)34(52-30(58)19-46)42(67)55-35(25(8)57)43(68)47-24(7)36(61)48-28(16-18-71-9)38(63)51-29(20-56)40(65)53-32(21(2)3)41(66)50-26(13-11-12-17-45)37(62)49-27(14-15-31(59)60)39(64)54-33(22(4)5)44(69)70/h21-29,32-35,56-57H,10-20,45-46H2,1-9H3,(H,47,68)(H,48,61)(H,49,62)(H,50,66)(H,51,63)(H,52,58)(H,53,65)(H,54,64)(H,55,67)(H,59,60)(H,69,70)/t23-,24-,25+,26-,27-,28-,29-,32-,33-,34-,35-/m0/s1. The Balaban J connectivity index is 6.25. The van der Waals surface area contributed by atoms with Gasteiger partial charge in [-0.2, -0.15) is 11.8 Å². The van der Waals surface area contributed by atoms with Gasteiger partial charge in [0.15, 0.2) is 0 Å². The number of thioether (sulfide) groups is 1. The number of hydrogen-bond acceptors (Lipinski definition) is 16. The van der Waals surface area contributed by atoms with Crippen LogP contribution in [0.5, 0.6) is 0 Å². The summed E-state index contributed by atoms with van der Waals surface area (Å²) in [6, 6.07) is -12.7. The van der Waals surface area contributed by atoms with E-state index in [0.717, 1.165) is 0 Å². The van der Waals surface area contributed by atoms with Crippen LogP contribution in [0.25, 0.3) is 0 Å². The molecule has 0 aliphatic rings. The van der Waals surface area contributed by atoms with Gasteiger partial charge in [-0.25, -0.2) is 4.79 Å². The minimum atomic E-state index is -1.69. The molecule has 71 heavy (non-hydrogen) atoms. The van der Waals surface area contributed by atoms with Gasteiger partial charge < -0.3 is 79.7 Å². The van der Waals surface area contributed by atoms with Gasteiger partial charge in [0.1, 0.15) is 54.4 Å². The fraction of sp³-hybridized carbons (Fsp3) is 0.750. The summed E-state index contributed by atoms with van der Waals surface area (Å²) in [4.78, 5) is 143. The first-order chi connectivity index (χ1) is 33.2. The SMILES string of the molecule is CC[C@H](C)[C@H](NC(=O)CN)C(=O)N[C@H](C(=O)N[C@@H](C)C(=O)N[C@@H](CCSC)C(=O)N[C@@H](CO)C(=O)N[C@H](C(=O)N[C@@H](CCCCN)C(=O)N[C@@H](CCC(=O)O)C(=O)N[C@H](C(=O)O)C(C)C)C(C)C)[C@@H](C)O. The number of aliphatic hydroxyl groups excluding tert-OH is 2. The van der Waals surface area contributed by atoms with E-state index in [1.54, 1.807) is 34.0 Å². The summed E-state index contributed by atoms with van der Waals surface area (Å²) in [5, 5.41) is 61.4. The highest BCUT2D eigenvalue weighted by molar-refractivity contribution is 7.98. The van der Waals surface area contributed by atoms with Crippen LogP contribution >= 0.6 is 11.8 Å². The summed E-state index contributed by atoms with van der Waals surface area (Å²) in [5.41, 5.74) is 11.0. The van der Waals surface area contributed by atoms with Gasteiger partial charge in [-0.05, 0) is 82.3 Å². The first-order valence-corrected chi connectivity index (χ1v) is 25.0. The summed E-state index contributed by atoms with van der Waals surface area (Å²) < 4.78 is 0. The maximum absolute atomic E-state index is 13.8. The number of hydrogen-bond donors (Lipinski definition) is 15. The van der Waals surface area contributed by atoms with E-state index in [1.165, 1.54) is 39.5 Å². The average Bonchev–Trinajstić information content (AvgIpc) is 3.30. The molecule has 9 amide bonds. The zero-order valence-electron chi connectivity index (χ0n) is 42.1. The Bertz CT molecular complexity index is 1810. The first kappa shape index (κ1) is 65.4. The van der Waals surface area contributed by atoms with Crippen molar-refractivity contribution in [3.63, 3.8) is 0 Å². The van der Waals surface area contributed by atoms with Gasteiger partial charge in [0.25, 0.3) is 0 Å². The molecule has 0 aliphatic carbocycles. The van der Waals surface area contributed by atoms with Crippen molar-refractivity contribution in [3.05, 3.63) is 0 Å². The van der Waals surface area contributed by atoms with Crippen LogP contribution in [0, 0.1) is 17.8 Å². The lowest BCUT2D eigenvalue weighted by molar-refractivity contribution is -0.144. The largest absolute Gasteiger partial charge is 0.481 e. The molecule has 0 radical (unpaired) electrons. The molecule has 11 atom stereocenters. The van der Waals surface area contributed by atoms with Crippen LogP contribution in [0.3, 0.4) is 0 Å². The normalized spacial score (nSPS) is 15.9. The highest BCUT2D eigenvalue weighted by Gasteiger charge is 2.37. The van der Waals surface area contributed by atoms with Crippen molar-refractivity contribution in [2.24, 2.45) is 29.2 Å². The van der Waals surface area contributed by atoms with Crippen LogP contribution in [-0.2, 0) is 52.7 Å². The quantitative estimate of drug-likeness (QED) is 0.0268. The predicted octanol–water partition coefficient (Wildman–Crippen LogP) is -4.11. The molecule has 0 heterocycles. The molecule has 0 aliphatic heterocycles. The fourth-order valence-corrected chi connectivity index (χ4v) is 7.08. The molecule has 0 spiro atoms. The van der Waals surface area contributed by atoms with Crippen LogP contribution in [0.15, 0.2) is 0 Å². The van der Waals surface area contributed by atoms with Crippen molar-refractivity contribution < 1.29 is 73.2 Å². The number of nitrogens with one attached hydrogen (secondary N) is 9. The highest BCUT2D eigenvalue weighted by Crippen LogP contribution is 2.12. The van der Waals surface area contributed by atoms with E-state index in [2.05, 4.69) is 47.9 Å². The summed E-state index contributed by atoms with van der Waals surface area (Å²) in [5.74, 6) is -12.0. The summed E-state index contributed by atoms with van der Waals surface area (Å²) in [6.45, 7) is 11.0. The molecule has 26 nitrogen and oxygen atoms in total. The number of carbonyl (C=O) groups excluding carboxylic acids is 9. The Kier molecular flexibility index (Phi) is 31.2. The van der Waals surface area contributed by atoms with Gasteiger partial charge in [-0.1, -0.05) is 48.0 Å². The van der Waals surface area contributed by atoms with Crippen molar-refractivity contribution >= 4 is 76.9 Å². The lowest BCUT2D eigenvalue weighted by Gasteiger charge is -2.29. The van der Waals surface area contributed by atoms with Crippen LogP contribution in [0.1, 0.15) is 100 Å². The first-order valence-electron chi connectivity index (χ1n) is 23.6. The predicted molar refractivity (Wildman–Crippen MR) is 260 cm³/mol. The molecular weight excluding hydrogens is 955 g/mol. The molecule has 0 aromatic heterocycles. The molecule has 406 valence electrons. The smallest absolute Gasteiger partial charge is 0.326 e. The number of nitrogens with two attached hydrogens (primary N) is 2. The highest BCUT2D eigenvalue weighted by atomic mass is 32.2. The van der Waals surface area contributed by atoms with Gasteiger partial charge in [0, 0.05) is 6.42 Å². The molecule has 0 fully saturated rings. The minimum absolute atomic E-state index is 0.00161. The van der Waals surface area contributed by atoms with E-state index in [9.17, 15) is 73.2 Å². The van der Waals surface area contributed by atoms with E-state index < -0.39 is 169 Å². The van der Waals surface area contributed by atoms with E-state index in [-0.39, 0.29) is 19.4 Å². The number of unbranched alkanes of at least 4 members (excludes halogenated alkanes) is 1. The van der Waals surface area contributed by atoms with Gasteiger partial charge in [-0.15, -0.1) is 0 Å². The molecule has 0 aromatic carbocycles. The Morgan fingerprint density at radius 3 is 1.45 bits per heavy atom. The number of carboxylic acids is 2. The van der Waals surface area contributed by atoms with Crippen molar-refractivity contribution in [1.29, 1.82) is 0 Å². The average molecular weight is 1030 g/mol. The van der Waals surface area contributed by atoms with E-state index >= 15 is 0 Å². The van der Waals surface area contributed by atoms with Crippen LogP contribution in [0.4, 0.5) is 0 Å². The third-order valence-electron chi connectivity index (χ3n) is 11.2. The van der Waals surface area contributed by atoms with Crippen molar-refractivity contribution in [2.45, 2.75) is 161 Å². The third-order valence-corrected chi connectivity index (χ3v) is 11.9. The molecule has 17 N–H and O–H groups in total. The summed E-state index contributed by atoms with van der Waals surface area (Å²) in [7, 11) is 0. The third kappa shape index (κ3) is 23.9. The van der Waals surface area contributed by atoms with Crippen molar-refractivity contribution in [3.8, 4) is 0 Å². The molecular formula is C44H79N11O15S. The van der Waals surface area contributed by atoms with E-state index in [4.69, 9.17) is 11.5 Å². The molecule has 0 aromatic rings. The monoisotopic (exact) mass is 1030 g/mol. The zero-order chi connectivity index (χ0) is 54.7. The number of rotatable bonds is 35. The maximum atomic E-state index is 13.8. The molecule has 0 bridgehead atoms. The molecule has 0 saturated heterocycles. The van der Waals surface area contributed by atoms with E-state index in [0.29, 0.717) is 25.0 Å². The zero-order valence-corrected chi connectivity index (χ0v) is 42.9. The number of carboxylic acid groups (broad SMARTS) is 2. The Hall–Kier alpha value is -5.64. The van der Waals surface area contributed by atoms with Gasteiger partial charge in [0.2, 0.25) is 53.2 Å².